The molecule has 0 spiro atoms. The first-order valence-corrected chi connectivity index (χ1v) is 4.76. The van der Waals surface area contributed by atoms with Crippen molar-refractivity contribution in [2.45, 2.75) is 25.2 Å². The first-order chi connectivity index (χ1) is 6.24. The summed E-state index contributed by atoms with van der Waals surface area (Å²) in [6.45, 7) is 0. The van der Waals surface area contributed by atoms with Gasteiger partial charge in [0.25, 0.3) is 0 Å². The standard InChI is InChI=1S/C9H11ClN2O/c1-12-9(10)7(4-5-13)8(11-12)6-2-3-6/h5-6H,2-4H2,1H3. The van der Waals surface area contributed by atoms with Crippen LogP contribution in [-0.2, 0) is 18.3 Å². The number of carbonyl (C=O) groups is 1. The van der Waals surface area contributed by atoms with Gasteiger partial charge >= 0.3 is 0 Å². The Morgan fingerprint density at radius 2 is 2.38 bits per heavy atom. The third kappa shape index (κ3) is 1.48. The quantitative estimate of drug-likeness (QED) is 0.693. The molecule has 0 amide bonds. The minimum atomic E-state index is 0.387. The van der Waals surface area contributed by atoms with Gasteiger partial charge in [0.05, 0.1) is 5.69 Å². The highest BCUT2D eigenvalue weighted by atomic mass is 35.5. The van der Waals surface area contributed by atoms with E-state index in [1.807, 2.05) is 7.05 Å². The van der Waals surface area contributed by atoms with Crippen LogP contribution in [0.25, 0.3) is 0 Å². The van der Waals surface area contributed by atoms with Crippen LogP contribution in [0.4, 0.5) is 0 Å². The van der Waals surface area contributed by atoms with Gasteiger partial charge in [0.15, 0.2) is 0 Å². The van der Waals surface area contributed by atoms with Crippen LogP contribution in [0.3, 0.4) is 0 Å². The van der Waals surface area contributed by atoms with Crippen LogP contribution in [0.15, 0.2) is 0 Å². The van der Waals surface area contributed by atoms with E-state index in [0.717, 1.165) is 17.5 Å². The highest BCUT2D eigenvalue weighted by Crippen LogP contribution is 2.42. The fraction of sp³-hybridized carbons (Fsp3) is 0.556. The molecular weight excluding hydrogens is 188 g/mol. The number of halogens is 1. The molecule has 1 aromatic heterocycles. The van der Waals surface area contributed by atoms with Crippen LogP contribution in [0, 0.1) is 0 Å². The molecule has 13 heavy (non-hydrogen) atoms. The average molecular weight is 199 g/mol. The molecule has 1 aromatic rings. The second kappa shape index (κ2) is 3.14. The lowest BCUT2D eigenvalue weighted by atomic mass is 10.1. The van der Waals surface area contributed by atoms with E-state index in [4.69, 9.17) is 11.6 Å². The van der Waals surface area contributed by atoms with E-state index >= 15 is 0 Å². The first kappa shape index (κ1) is 8.75. The summed E-state index contributed by atoms with van der Waals surface area (Å²) in [6, 6.07) is 0. The number of aldehydes is 1. The van der Waals surface area contributed by atoms with E-state index in [1.54, 1.807) is 4.68 Å². The molecular formula is C9H11ClN2O. The lowest BCUT2D eigenvalue weighted by Gasteiger charge is -1.94. The molecule has 0 bridgehead atoms. The van der Waals surface area contributed by atoms with Gasteiger partial charge in [-0.1, -0.05) is 11.6 Å². The van der Waals surface area contributed by atoms with Crippen LogP contribution in [0.2, 0.25) is 5.15 Å². The lowest BCUT2D eigenvalue weighted by Crippen LogP contribution is -1.90. The van der Waals surface area contributed by atoms with Gasteiger partial charge in [-0.2, -0.15) is 5.10 Å². The van der Waals surface area contributed by atoms with Gasteiger partial charge in [0.2, 0.25) is 0 Å². The van der Waals surface area contributed by atoms with Crippen molar-refractivity contribution in [3.05, 3.63) is 16.4 Å². The molecule has 0 radical (unpaired) electrons. The Morgan fingerprint density at radius 1 is 1.69 bits per heavy atom. The van der Waals surface area contributed by atoms with E-state index in [-0.39, 0.29) is 0 Å². The molecule has 70 valence electrons. The molecule has 2 rings (SSSR count). The maximum absolute atomic E-state index is 10.4. The van der Waals surface area contributed by atoms with Gasteiger partial charge in [-0.15, -0.1) is 0 Å². The average Bonchev–Trinajstić information content (AvgIpc) is 2.89. The van der Waals surface area contributed by atoms with Crippen LogP contribution in [-0.4, -0.2) is 16.1 Å². The zero-order chi connectivity index (χ0) is 9.42. The maximum atomic E-state index is 10.4. The van der Waals surface area contributed by atoms with Gasteiger partial charge < -0.3 is 4.79 Å². The normalized spacial score (nSPS) is 16.2. The number of hydrogen-bond donors (Lipinski definition) is 0. The molecule has 3 nitrogen and oxygen atoms in total. The fourth-order valence-corrected chi connectivity index (χ4v) is 1.74. The fourth-order valence-electron chi connectivity index (χ4n) is 1.52. The topological polar surface area (TPSA) is 34.9 Å². The largest absolute Gasteiger partial charge is 0.303 e. The third-order valence-electron chi connectivity index (χ3n) is 2.35. The van der Waals surface area contributed by atoms with E-state index in [1.165, 1.54) is 12.8 Å². The summed E-state index contributed by atoms with van der Waals surface area (Å²) in [4.78, 5) is 10.4. The summed E-state index contributed by atoms with van der Waals surface area (Å²) in [5.41, 5.74) is 1.95. The number of aryl methyl sites for hydroxylation is 1. The molecule has 0 saturated heterocycles. The van der Waals surface area contributed by atoms with Gasteiger partial charge in [-0.05, 0) is 12.8 Å². The molecule has 1 aliphatic carbocycles. The Bertz CT molecular complexity index is 342. The first-order valence-electron chi connectivity index (χ1n) is 4.39. The predicted octanol–water partition coefficient (Wildman–Crippen LogP) is 1.69. The molecule has 1 saturated carbocycles. The summed E-state index contributed by atoms with van der Waals surface area (Å²) in [5, 5.41) is 4.92. The third-order valence-corrected chi connectivity index (χ3v) is 2.82. The Morgan fingerprint density at radius 3 is 2.92 bits per heavy atom. The molecule has 0 aliphatic heterocycles. The molecule has 1 fully saturated rings. The second-order valence-electron chi connectivity index (χ2n) is 3.42. The maximum Gasteiger partial charge on any atom is 0.130 e. The SMILES string of the molecule is Cn1nc(C2CC2)c(CC=O)c1Cl. The minimum Gasteiger partial charge on any atom is -0.303 e. The number of rotatable bonds is 3. The molecule has 0 unspecified atom stereocenters. The van der Waals surface area contributed by atoms with Crippen LogP contribution in [0.5, 0.6) is 0 Å². The summed E-state index contributed by atoms with van der Waals surface area (Å²) in [6.07, 6.45) is 3.63. The van der Waals surface area contributed by atoms with Crippen molar-refractivity contribution in [3.8, 4) is 0 Å². The van der Waals surface area contributed by atoms with E-state index < -0.39 is 0 Å². The molecule has 0 atom stereocenters. The van der Waals surface area contributed by atoms with Crippen molar-refractivity contribution in [2.24, 2.45) is 7.05 Å². The highest BCUT2D eigenvalue weighted by Gasteiger charge is 2.30. The molecule has 0 aromatic carbocycles. The second-order valence-corrected chi connectivity index (χ2v) is 3.78. The van der Waals surface area contributed by atoms with Gasteiger partial charge in [-0.3, -0.25) is 4.68 Å². The van der Waals surface area contributed by atoms with Gasteiger partial charge in [0.1, 0.15) is 11.4 Å². The Labute approximate surface area is 81.7 Å². The van der Waals surface area contributed by atoms with Crippen LogP contribution in [0.1, 0.15) is 30.0 Å². The Hall–Kier alpha value is -0.830. The monoisotopic (exact) mass is 198 g/mol. The molecule has 4 heteroatoms. The lowest BCUT2D eigenvalue weighted by molar-refractivity contribution is -0.107. The van der Waals surface area contributed by atoms with Crippen molar-refractivity contribution in [1.82, 2.24) is 9.78 Å². The Kier molecular flexibility index (Phi) is 2.12. The van der Waals surface area contributed by atoms with E-state index in [2.05, 4.69) is 5.10 Å². The summed E-state index contributed by atoms with van der Waals surface area (Å²) < 4.78 is 1.65. The van der Waals surface area contributed by atoms with E-state index in [0.29, 0.717) is 17.5 Å². The molecule has 1 heterocycles. The van der Waals surface area contributed by atoms with Gasteiger partial charge in [-0.25, -0.2) is 0 Å². The zero-order valence-electron chi connectivity index (χ0n) is 7.46. The summed E-state index contributed by atoms with van der Waals surface area (Å²) in [7, 11) is 1.81. The zero-order valence-corrected chi connectivity index (χ0v) is 8.21. The highest BCUT2D eigenvalue weighted by molar-refractivity contribution is 6.30. The van der Waals surface area contributed by atoms with Gasteiger partial charge in [0, 0.05) is 24.9 Å². The number of carbonyl (C=O) groups excluding carboxylic acids is 1. The minimum absolute atomic E-state index is 0.387. The summed E-state index contributed by atoms with van der Waals surface area (Å²) >= 11 is 6.01. The molecule has 1 aliphatic rings. The van der Waals surface area contributed by atoms with Crippen LogP contribution < -0.4 is 0 Å². The van der Waals surface area contributed by atoms with Crippen molar-refractivity contribution in [3.63, 3.8) is 0 Å². The number of aromatic nitrogens is 2. The Balaban J connectivity index is 2.41. The van der Waals surface area contributed by atoms with Crippen LogP contribution >= 0.6 is 11.6 Å². The number of nitrogens with zero attached hydrogens (tertiary/aromatic N) is 2. The van der Waals surface area contributed by atoms with Crippen molar-refractivity contribution in [2.75, 3.05) is 0 Å². The summed E-state index contributed by atoms with van der Waals surface area (Å²) in [5.74, 6) is 0.550. The predicted molar refractivity (Wildman–Crippen MR) is 50.0 cm³/mol. The van der Waals surface area contributed by atoms with Crippen molar-refractivity contribution >= 4 is 17.9 Å². The number of hydrogen-bond acceptors (Lipinski definition) is 2. The molecule has 0 N–H and O–H groups in total. The van der Waals surface area contributed by atoms with E-state index in [9.17, 15) is 4.79 Å². The van der Waals surface area contributed by atoms with Crippen molar-refractivity contribution in [1.29, 1.82) is 0 Å². The smallest absolute Gasteiger partial charge is 0.130 e. The van der Waals surface area contributed by atoms with Crippen molar-refractivity contribution < 1.29 is 4.79 Å².